The lowest BCUT2D eigenvalue weighted by Crippen LogP contribution is -2.34. The number of halogens is 1. The van der Waals surface area contributed by atoms with E-state index in [4.69, 9.17) is 26.2 Å². The van der Waals surface area contributed by atoms with E-state index in [1.54, 1.807) is 14.2 Å². The van der Waals surface area contributed by atoms with Crippen molar-refractivity contribution in [2.75, 3.05) is 37.5 Å². The molecule has 0 bridgehead atoms. The minimum absolute atomic E-state index is 0.527. The maximum Gasteiger partial charge on any atom is 0.160 e. The van der Waals surface area contributed by atoms with Gasteiger partial charge in [0.2, 0.25) is 0 Å². The number of ether oxygens (including phenoxy) is 1. The molecule has 11 heteroatoms. The van der Waals surface area contributed by atoms with Crippen LogP contribution in [-0.4, -0.2) is 58.0 Å². The fraction of sp³-hybridized carbons (Fsp3) is 0.375. The van der Waals surface area contributed by atoms with Crippen molar-refractivity contribution in [2.45, 2.75) is 32.9 Å². The predicted octanol–water partition coefficient (Wildman–Crippen LogP) is 4.27. The van der Waals surface area contributed by atoms with Crippen LogP contribution in [0.25, 0.3) is 21.8 Å². The molecule has 182 valence electrons. The number of piperidine rings is 1. The van der Waals surface area contributed by atoms with E-state index < -0.39 is 0 Å². The second-order valence-electron chi connectivity index (χ2n) is 8.27. The predicted molar refractivity (Wildman–Crippen MR) is 138 cm³/mol. The molecule has 5 rings (SSSR count). The first-order valence-electron chi connectivity index (χ1n) is 11.5. The molecule has 0 unspecified atom stereocenters. The fourth-order valence-electron chi connectivity index (χ4n) is 4.44. The summed E-state index contributed by atoms with van der Waals surface area (Å²) < 4.78 is 7.15. The van der Waals surface area contributed by atoms with Crippen molar-refractivity contribution in [3.8, 4) is 5.75 Å². The summed E-state index contributed by atoms with van der Waals surface area (Å²) in [6, 6.07) is 5.72. The van der Waals surface area contributed by atoms with E-state index in [9.17, 15) is 0 Å². The van der Waals surface area contributed by atoms with Gasteiger partial charge in [0.1, 0.15) is 12.9 Å². The van der Waals surface area contributed by atoms with Crippen LogP contribution < -0.4 is 15.0 Å². The Morgan fingerprint density at radius 3 is 2.66 bits per heavy atom. The van der Waals surface area contributed by atoms with Gasteiger partial charge >= 0.3 is 0 Å². The number of nitrogens with zero attached hydrogens (tertiary/aromatic N) is 7. The summed E-state index contributed by atoms with van der Waals surface area (Å²) in [5.41, 5.74) is 2.88. The summed E-state index contributed by atoms with van der Waals surface area (Å²) in [5.74, 6) is 2.13. The van der Waals surface area contributed by atoms with Crippen LogP contribution in [0, 0.1) is 0 Å². The van der Waals surface area contributed by atoms with E-state index in [-0.39, 0.29) is 0 Å². The van der Waals surface area contributed by atoms with Crippen molar-refractivity contribution in [2.24, 2.45) is 5.16 Å². The van der Waals surface area contributed by atoms with Crippen molar-refractivity contribution in [3.05, 3.63) is 41.2 Å². The lowest BCUT2D eigenvalue weighted by atomic mass is 10.1. The molecule has 10 nitrogen and oxygen atoms in total. The summed E-state index contributed by atoms with van der Waals surface area (Å²) in [4.78, 5) is 11.9. The third-order valence-electron chi connectivity index (χ3n) is 6.22. The summed E-state index contributed by atoms with van der Waals surface area (Å²) in [5, 5.41) is 24.7. The molecule has 0 amide bonds. The van der Waals surface area contributed by atoms with Gasteiger partial charge in [-0.3, -0.25) is 0 Å². The number of anilines is 2. The minimum atomic E-state index is 0.527. The average Bonchev–Trinajstić information content (AvgIpc) is 3.31. The first-order valence-corrected chi connectivity index (χ1v) is 11.9. The van der Waals surface area contributed by atoms with Crippen LogP contribution in [0.3, 0.4) is 0 Å². The second-order valence-corrected chi connectivity index (χ2v) is 8.67. The monoisotopic (exact) mass is 494 g/mol. The Labute approximate surface area is 207 Å². The Morgan fingerprint density at radius 2 is 1.94 bits per heavy atom. The maximum atomic E-state index is 6.32. The van der Waals surface area contributed by atoms with Gasteiger partial charge in [0.25, 0.3) is 0 Å². The van der Waals surface area contributed by atoms with Gasteiger partial charge in [-0.25, -0.2) is 9.67 Å². The molecule has 0 spiro atoms. The van der Waals surface area contributed by atoms with E-state index >= 15 is 0 Å². The maximum absolute atomic E-state index is 6.32. The molecule has 4 heterocycles. The van der Waals surface area contributed by atoms with E-state index in [0.717, 1.165) is 71.4 Å². The third-order valence-corrected chi connectivity index (χ3v) is 6.52. The van der Waals surface area contributed by atoms with Crippen LogP contribution in [0.2, 0.25) is 5.02 Å². The summed E-state index contributed by atoms with van der Waals surface area (Å²) in [6.07, 6.45) is 5.37. The molecule has 0 radical (unpaired) electrons. The third kappa shape index (κ3) is 4.41. The van der Waals surface area contributed by atoms with Crippen molar-refractivity contribution in [3.63, 3.8) is 0 Å². The van der Waals surface area contributed by atoms with Gasteiger partial charge in [-0.2, -0.15) is 5.10 Å². The topological polar surface area (TPSA) is 103 Å². The Morgan fingerprint density at radius 1 is 1.11 bits per heavy atom. The molecule has 1 saturated heterocycles. The van der Waals surface area contributed by atoms with Crippen molar-refractivity contribution in [1.29, 1.82) is 0 Å². The smallest absolute Gasteiger partial charge is 0.160 e. The molecule has 1 aromatic carbocycles. The number of aryl methyl sites for hydroxylation is 1. The number of methoxy groups -OCH3 is 1. The summed E-state index contributed by atoms with van der Waals surface area (Å²) >= 11 is 6.32. The van der Waals surface area contributed by atoms with Crippen molar-refractivity contribution < 1.29 is 9.57 Å². The molecule has 4 aromatic rings. The highest BCUT2D eigenvalue weighted by Gasteiger charge is 2.23. The van der Waals surface area contributed by atoms with Crippen LogP contribution in [0.5, 0.6) is 5.75 Å². The number of hydrogen-bond donors (Lipinski definition) is 1. The van der Waals surface area contributed by atoms with Crippen LogP contribution >= 0.6 is 11.6 Å². The lowest BCUT2D eigenvalue weighted by molar-refractivity contribution is 0.211. The standard InChI is InChI=1S/C24H27ClN8O2/c1-4-33-23-18(14-28-33)21-17(13-27-23)24(32-9-7-16(8-10-32)31-35-3)30-29-22(21)26-12-15-5-6-20(34-2)19(25)11-15/h5-6,11,13-14H,4,7-10,12H2,1-3H3,(H,26,29). The van der Waals surface area contributed by atoms with Gasteiger partial charge in [-0.1, -0.05) is 22.8 Å². The van der Waals surface area contributed by atoms with Gasteiger partial charge in [0.05, 0.1) is 29.4 Å². The van der Waals surface area contributed by atoms with Crippen molar-refractivity contribution >= 4 is 50.8 Å². The average molecular weight is 495 g/mol. The van der Waals surface area contributed by atoms with Gasteiger partial charge in [-0.05, 0) is 24.6 Å². The largest absolute Gasteiger partial charge is 0.495 e. The summed E-state index contributed by atoms with van der Waals surface area (Å²) in [7, 11) is 3.18. The second kappa shape index (κ2) is 9.91. The van der Waals surface area contributed by atoms with Gasteiger partial charge in [0.15, 0.2) is 17.3 Å². The first-order chi connectivity index (χ1) is 17.1. The molecule has 1 N–H and O–H groups in total. The summed E-state index contributed by atoms with van der Waals surface area (Å²) in [6.45, 7) is 4.88. The van der Waals surface area contributed by atoms with E-state index in [1.807, 2.05) is 42.2 Å². The molecule has 1 aliphatic heterocycles. The highest BCUT2D eigenvalue weighted by Crippen LogP contribution is 2.35. The number of benzene rings is 1. The zero-order valence-corrected chi connectivity index (χ0v) is 20.7. The molecule has 35 heavy (non-hydrogen) atoms. The number of hydrogen-bond acceptors (Lipinski definition) is 9. The van der Waals surface area contributed by atoms with E-state index in [1.165, 1.54) is 0 Å². The zero-order chi connectivity index (χ0) is 24.4. The van der Waals surface area contributed by atoms with Crippen molar-refractivity contribution in [1.82, 2.24) is 25.0 Å². The van der Waals surface area contributed by atoms with Gasteiger partial charge in [-0.15, -0.1) is 10.2 Å². The van der Waals surface area contributed by atoms with E-state index in [0.29, 0.717) is 23.1 Å². The quantitative estimate of drug-likeness (QED) is 0.380. The Kier molecular flexibility index (Phi) is 6.54. The fourth-order valence-corrected chi connectivity index (χ4v) is 4.72. The van der Waals surface area contributed by atoms with Gasteiger partial charge in [0, 0.05) is 56.0 Å². The van der Waals surface area contributed by atoms with Crippen LogP contribution in [0.4, 0.5) is 11.6 Å². The molecule has 0 saturated carbocycles. The highest BCUT2D eigenvalue weighted by molar-refractivity contribution is 6.32. The number of oxime groups is 1. The molecule has 0 aliphatic carbocycles. The minimum Gasteiger partial charge on any atom is -0.495 e. The molecular formula is C24H27ClN8O2. The molecule has 0 atom stereocenters. The van der Waals surface area contributed by atoms with E-state index in [2.05, 4.69) is 30.7 Å². The zero-order valence-electron chi connectivity index (χ0n) is 20.0. The molecule has 1 aliphatic rings. The SMILES string of the molecule is CCn1ncc2c3c(NCc4ccc(OC)c(Cl)c4)nnc(N4CCC(=NOC)CC4)c3cnc21. The Bertz CT molecular complexity index is 1390. The Hall–Kier alpha value is -3.66. The normalized spacial score (nSPS) is 13.9. The molecule has 1 fully saturated rings. The van der Waals surface area contributed by atoms with Crippen LogP contribution in [-0.2, 0) is 17.9 Å². The number of nitrogens with one attached hydrogen (secondary N) is 1. The lowest BCUT2D eigenvalue weighted by Gasteiger charge is -2.29. The Balaban J connectivity index is 1.54. The number of rotatable bonds is 7. The van der Waals surface area contributed by atoms with Crippen LogP contribution in [0.1, 0.15) is 25.3 Å². The number of pyridine rings is 1. The number of fused-ring (bicyclic) bond motifs is 3. The van der Waals surface area contributed by atoms with Crippen LogP contribution in [0.15, 0.2) is 35.7 Å². The molecule has 3 aromatic heterocycles. The number of aromatic nitrogens is 5. The highest BCUT2D eigenvalue weighted by atomic mass is 35.5. The molecular weight excluding hydrogens is 468 g/mol. The first kappa shape index (κ1) is 23.1. The van der Waals surface area contributed by atoms with Gasteiger partial charge < -0.3 is 19.8 Å².